The summed E-state index contributed by atoms with van der Waals surface area (Å²) < 4.78 is 0. The van der Waals surface area contributed by atoms with Crippen molar-refractivity contribution in [2.75, 3.05) is 6.61 Å². The molecular formula is C17H22N2O. The van der Waals surface area contributed by atoms with Crippen molar-refractivity contribution in [1.29, 1.82) is 0 Å². The first-order valence-corrected chi connectivity index (χ1v) is 7.05. The Morgan fingerprint density at radius 1 is 1.05 bits per heavy atom. The number of hydrogen-bond donors (Lipinski definition) is 2. The molecule has 2 N–H and O–H groups in total. The highest BCUT2D eigenvalue weighted by molar-refractivity contribution is 5.27. The van der Waals surface area contributed by atoms with Gasteiger partial charge < -0.3 is 5.11 Å². The Labute approximate surface area is 120 Å². The van der Waals surface area contributed by atoms with Gasteiger partial charge in [0.2, 0.25) is 0 Å². The van der Waals surface area contributed by atoms with Crippen LogP contribution in [0.25, 0.3) is 0 Å². The molecule has 0 saturated heterocycles. The maximum Gasteiger partial charge on any atom is 0.0754 e. The van der Waals surface area contributed by atoms with E-state index in [1.807, 2.05) is 36.4 Å². The molecule has 2 atom stereocenters. The fourth-order valence-electron chi connectivity index (χ4n) is 2.21. The van der Waals surface area contributed by atoms with Gasteiger partial charge in [-0.25, -0.2) is 0 Å². The van der Waals surface area contributed by atoms with Gasteiger partial charge in [0.15, 0.2) is 0 Å². The smallest absolute Gasteiger partial charge is 0.0754 e. The van der Waals surface area contributed by atoms with E-state index in [1.54, 1.807) is 6.20 Å². The van der Waals surface area contributed by atoms with Gasteiger partial charge in [0.1, 0.15) is 0 Å². The number of hydrogen-bond acceptors (Lipinski definition) is 3. The molecule has 0 aliphatic heterocycles. The second kappa shape index (κ2) is 7.17. The minimum Gasteiger partial charge on any atom is -0.395 e. The molecule has 1 aromatic heterocycles. The molecule has 0 bridgehead atoms. The summed E-state index contributed by atoms with van der Waals surface area (Å²) in [7, 11) is 0. The van der Waals surface area contributed by atoms with Crippen LogP contribution >= 0.6 is 0 Å². The molecule has 0 spiro atoms. The van der Waals surface area contributed by atoms with E-state index in [4.69, 9.17) is 0 Å². The number of pyridine rings is 1. The van der Waals surface area contributed by atoms with E-state index in [1.165, 1.54) is 0 Å². The van der Waals surface area contributed by atoms with Gasteiger partial charge in [-0.3, -0.25) is 10.3 Å². The minimum atomic E-state index is -0.00282. The van der Waals surface area contributed by atoms with Crippen molar-refractivity contribution in [2.24, 2.45) is 5.92 Å². The molecule has 3 heteroatoms. The number of aromatic nitrogens is 1. The van der Waals surface area contributed by atoms with Crippen LogP contribution in [0.1, 0.15) is 31.1 Å². The summed E-state index contributed by atoms with van der Waals surface area (Å²) in [5, 5.41) is 13.1. The molecular weight excluding hydrogens is 248 g/mol. The number of rotatable bonds is 6. The first-order chi connectivity index (χ1) is 9.72. The van der Waals surface area contributed by atoms with Gasteiger partial charge in [-0.2, -0.15) is 0 Å². The van der Waals surface area contributed by atoms with E-state index in [2.05, 4.69) is 36.3 Å². The van der Waals surface area contributed by atoms with E-state index < -0.39 is 0 Å². The Bertz CT molecular complexity index is 459. The van der Waals surface area contributed by atoms with E-state index in [0.29, 0.717) is 5.92 Å². The summed E-state index contributed by atoms with van der Waals surface area (Å²) in [5.74, 6) is 0.356. The number of aliphatic hydroxyl groups excluding tert-OH is 1. The Balaban J connectivity index is 2.30. The molecule has 2 rings (SSSR count). The summed E-state index contributed by atoms with van der Waals surface area (Å²) in [4.78, 5) is 4.46. The van der Waals surface area contributed by atoms with E-state index in [9.17, 15) is 5.11 Å². The highest BCUT2D eigenvalue weighted by Gasteiger charge is 2.21. The lowest BCUT2D eigenvalue weighted by molar-refractivity contribution is 0.203. The second-order valence-electron chi connectivity index (χ2n) is 5.30. The zero-order valence-corrected chi connectivity index (χ0v) is 12.0. The van der Waals surface area contributed by atoms with Crippen LogP contribution in [0.15, 0.2) is 54.7 Å². The van der Waals surface area contributed by atoms with Gasteiger partial charge in [0, 0.05) is 12.2 Å². The number of benzene rings is 1. The number of nitrogens with zero attached hydrogens (tertiary/aromatic N) is 1. The minimum absolute atomic E-state index is 0.00282. The largest absolute Gasteiger partial charge is 0.395 e. The Morgan fingerprint density at radius 3 is 2.30 bits per heavy atom. The van der Waals surface area contributed by atoms with Crippen molar-refractivity contribution in [3.63, 3.8) is 0 Å². The van der Waals surface area contributed by atoms with Gasteiger partial charge >= 0.3 is 0 Å². The lowest BCUT2D eigenvalue weighted by atomic mass is 9.98. The number of nitrogens with one attached hydrogen (secondary N) is 1. The molecule has 20 heavy (non-hydrogen) atoms. The van der Waals surface area contributed by atoms with Gasteiger partial charge in [-0.15, -0.1) is 0 Å². The summed E-state index contributed by atoms with van der Waals surface area (Å²) in [6, 6.07) is 16.2. The predicted molar refractivity (Wildman–Crippen MR) is 81.4 cm³/mol. The summed E-state index contributed by atoms with van der Waals surface area (Å²) >= 11 is 0. The van der Waals surface area contributed by atoms with Gasteiger partial charge in [-0.05, 0) is 23.6 Å². The molecule has 0 radical (unpaired) electrons. The summed E-state index contributed by atoms with van der Waals surface area (Å²) in [6.45, 7) is 4.33. The molecule has 2 aromatic rings. The highest BCUT2D eigenvalue weighted by Crippen LogP contribution is 2.21. The SMILES string of the molecule is CC(C)C(CO)NC(c1ccccc1)c1ccccn1. The van der Waals surface area contributed by atoms with Gasteiger partial charge in [0.05, 0.1) is 18.3 Å². The van der Waals surface area contributed by atoms with E-state index in [-0.39, 0.29) is 18.7 Å². The van der Waals surface area contributed by atoms with Crippen LogP contribution in [0.5, 0.6) is 0 Å². The van der Waals surface area contributed by atoms with Crippen molar-refractivity contribution in [3.05, 3.63) is 66.0 Å². The maximum atomic E-state index is 9.56. The molecule has 0 saturated carbocycles. The first kappa shape index (κ1) is 14.7. The summed E-state index contributed by atoms with van der Waals surface area (Å²) in [5.41, 5.74) is 2.13. The molecule has 0 aliphatic carbocycles. The van der Waals surface area contributed by atoms with Crippen LogP contribution in [0.3, 0.4) is 0 Å². The molecule has 0 aliphatic rings. The Hall–Kier alpha value is -1.71. The summed E-state index contributed by atoms with van der Waals surface area (Å²) in [6.07, 6.45) is 1.80. The van der Waals surface area contributed by atoms with Crippen LogP contribution in [-0.2, 0) is 0 Å². The van der Waals surface area contributed by atoms with Gasteiger partial charge in [-0.1, -0.05) is 50.2 Å². The highest BCUT2D eigenvalue weighted by atomic mass is 16.3. The van der Waals surface area contributed by atoms with Crippen LogP contribution in [0.2, 0.25) is 0 Å². The third kappa shape index (κ3) is 3.65. The average molecular weight is 270 g/mol. The lowest BCUT2D eigenvalue weighted by Gasteiger charge is -2.27. The zero-order chi connectivity index (χ0) is 14.4. The predicted octanol–water partition coefficient (Wildman–Crippen LogP) is 2.78. The Kier molecular flexibility index (Phi) is 5.27. The average Bonchev–Trinajstić information content (AvgIpc) is 2.50. The molecule has 106 valence electrons. The van der Waals surface area contributed by atoms with Crippen molar-refractivity contribution < 1.29 is 5.11 Å². The first-order valence-electron chi connectivity index (χ1n) is 7.05. The molecule has 1 aromatic carbocycles. The topological polar surface area (TPSA) is 45.1 Å². The van der Waals surface area contributed by atoms with Crippen LogP contribution < -0.4 is 5.32 Å². The van der Waals surface area contributed by atoms with Crippen LogP contribution in [0, 0.1) is 5.92 Å². The van der Waals surface area contributed by atoms with Crippen LogP contribution in [0.4, 0.5) is 0 Å². The fraction of sp³-hybridized carbons (Fsp3) is 0.353. The second-order valence-corrected chi connectivity index (χ2v) is 5.30. The molecule has 2 unspecified atom stereocenters. The third-order valence-corrected chi connectivity index (χ3v) is 3.50. The molecule has 3 nitrogen and oxygen atoms in total. The van der Waals surface area contributed by atoms with Crippen molar-refractivity contribution in [2.45, 2.75) is 25.9 Å². The van der Waals surface area contributed by atoms with Crippen molar-refractivity contribution in [3.8, 4) is 0 Å². The monoisotopic (exact) mass is 270 g/mol. The zero-order valence-electron chi connectivity index (χ0n) is 12.0. The third-order valence-electron chi connectivity index (χ3n) is 3.50. The van der Waals surface area contributed by atoms with E-state index >= 15 is 0 Å². The normalized spacial score (nSPS) is 14.2. The Morgan fingerprint density at radius 2 is 1.75 bits per heavy atom. The van der Waals surface area contributed by atoms with Crippen LogP contribution in [-0.4, -0.2) is 22.7 Å². The molecule has 1 heterocycles. The van der Waals surface area contributed by atoms with E-state index in [0.717, 1.165) is 11.3 Å². The quantitative estimate of drug-likeness (QED) is 0.848. The lowest BCUT2D eigenvalue weighted by Crippen LogP contribution is -2.40. The molecule has 0 amide bonds. The fourth-order valence-corrected chi connectivity index (χ4v) is 2.21. The van der Waals surface area contributed by atoms with Crippen molar-refractivity contribution in [1.82, 2.24) is 10.3 Å². The number of aliphatic hydroxyl groups is 1. The van der Waals surface area contributed by atoms with Crippen molar-refractivity contribution >= 4 is 0 Å². The maximum absolute atomic E-state index is 9.56. The van der Waals surface area contributed by atoms with Gasteiger partial charge in [0.25, 0.3) is 0 Å². The standard InChI is InChI=1S/C17H22N2O/c1-13(2)16(12-20)19-17(14-8-4-3-5-9-14)15-10-6-7-11-18-15/h3-11,13,16-17,19-20H,12H2,1-2H3. The molecule has 0 fully saturated rings.